The number of fused-ring (bicyclic) bond motifs is 1. The van der Waals surface area contributed by atoms with Crippen LogP contribution in [0.3, 0.4) is 0 Å². The number of anilines is 1. The van der Waals surface area contributed by atoms with Crippen LogP contribution in [0.5, 0.6) is 0 Å². The average Bonchev–Trinajstić information content (AvgIpc) is 3.25. The van der Waals surface area contributed by atoms with Crippen LogP contribution >= 0.6 is 34.5 Å². The van der Waals surface area contributed by atoms with Gasteiger partial charge in [0.25, 0.3) is 5.91 Å². The van der Waals surface area contributed by atoms with Gasteiger partial charge in [-0.25, -0.2) is 0 Å². The monoisotopic (exact) mass is 417 g/mol. The smallest absolute Gasteiger partial charge is 0.255 e. The summed E-state index contributed by atoms with van der Waals surface area (Å²) in [5.74, 6) is 0.575. The summed E-state index contributed by atoms with van der Waals surface area (Å²) in [6, 6.07) is 12.2. The molecule has 0 atom stereocenters. The van der Waals surface area contributed by atoms with Crippen molar-refractivity contribution in [3.05, 3.63) is 63.9 Å². The minimum Gasteiger partial charge on any atom is -0.322 e. The summed E-state index contributed by atoms with van der Waals surface area (Å²) in [5, 5.41) is 17.2. The molecule has 0 saturated carbocycles. The fraction of sp³-hybridized carbons (Fsp3) is 0.111. The second-order valence-electron chi connectivity index (χ2n) is 5.73. The third-order valence-electron chi connectivity index (χ3n) is 3.94. The molecular weight excluding hydrogens is 405 g/mol. The van der Waals surface area contributed by atoms with Crippen molar-refractivity contribution in [2.45, 2.75) is 13.3 Å². The van der Waals surface area contributed by atoms with Gasteiger partial charge in [-0.15, -0.1) is 10.2 Å². The van der Waals surface area contributed by atoms with E-state index in [1.165, 1.54) is 17.4 Å². The predicted octanol–water partition coefficient (Wildman–Crippen LogP) is 4.97. The zero-order valence-electron chi connectivity index (χ0n) is 14.1. The van der Waals surface area contributed by atoms with E-state index in [0.717, 1.165) is 27.8 Å². The molecule has 27 heavy (non-hydrogen) atoms. The van der Waals surface area contributed by atoms with E-state index in [1.807, 2.05) is 31.2 Å². The van der Waals surface area contributed by atoms with Crippen LogP contribution in [0.4, 0.5) is 5.69 Å². The molecule has 0 aliphatic heterocycles. The van der Waals surface area contributed by atoms with Crippen molar-refractivity contribution in [3.8, 4) is 10.6 Å². The quantitative estimate of drug-likeness (QED) is 0.508. The van der Waals surface area contributed by atoms with Gasteiger partial charge < -0.3 is 5.32 Å². The van der Waals surface area contributed by atoms with Gasteiger partial charge in [0.2, 0.25) is 4.96 Å². The summed E-state index contributed by atoms with van der Waals surface area (Å²) in [7, 11) is 0. The summed E-state index contributed by atoms with van der Waals surface area (Å²) in [6.07, 6.45) is 0.768. The number of benzene rings is 2. The maximum atomic E-state index is 12.3. The molecule has 0 spiro atoms. The molecule has 4 aromatic rings. The molecular formula is C18H13Cl2N5OS. The molecule has 2 heterocycles. The number of carbonyl (C=O) groups is 1. The standard InChI is InChI=1S/C18H13Cl2N5OS/c1-2-15-22-23-18-25(15)24-17(27-18)10-3-6-12(7-4-10)21-16(26)11-5-8-13(19)14(20)9-11/h3-9H,2H2,1H3,(H,21,26). The lowest BCUT2D eigenvalue weighted by Crippen LogP contribution is -2.11. The summed E-state index contributed by atoms with van der Waals surface area (Å²) in [6.45, 7) is 2.01. The van der Waals surface area contributed by atoms with Crippen molar-refractivity contribution in [2.75, 3.05) is 5.32 Å². The fourth-order valence-electron chi connectivity index (χ4n) is 2.53. The van der Waals surface area contributed by atoms with Gasteiger partial charge in [-0.3, -0.25) is 4.79 Å². The second kappa shape index (κ2) is 7.26. The van der Waals surface area contributed by atoms with Gasteiger partial charge in [0, 0.05) is 23.2 Å². The average molecular weight is 418 g/mol. The van der Waals surface area contributed by atoms with E-state index in [-0.39, 0.29) is 5.91 Å². The third kappa shape index (κ3) is 3.53. The number of hydrogen-bond acceptors (Lipinski definition) is 5. The molecule has 4 rings (SSSR count). The number of amides is 1. The Bertz CT molecular complexity index is 1140. The van der Waals surface area contributed by atoms with E-state index in [1.54, 1.807) is 16.6 Å². The molecule has 1 N–H and O–H groups in total. The molecule has 9 heteroatoms. The molecule has 1 amide bonds. The first-order valence-corrected chi connectivity index (χ1v) is 9.70. The summed E-state index contributed by atoms with van der Waals surface area (Å²) < 4.78 is 1.76. The van der Waals surface area contributed by atoms with E-state index in [0.29, 0.717) is 21.3 Å². The number of hydrogen-bond donors (Lipinski definition) is 1. The van der Waals surface area contributed by atoms with E-state index in [4.69, 9.17) is 23.2 Å². The van der Waals surface area contributed by atoms with Crippen molar-refractivity contribution in [3.63, 3.8) is 0 Å². The molecule has 2 aromatic carbocycles. The first-order chi connectivity index (χ1) is 13.0. The first-order valence-electron chi connectivity index (χ1n) is 8.13. The predicted molar refractivity (Wildman–Crippen MR) is 108 cm³/mol. The number of carbonyl (C=O) groups excluding carboxylic acids is 1. The van der Waals surface area contributed by atoms with Gasteiger partial charge in [-0.1, -0.05) is 41.5 Å². The highest BCUT2D eigenvalue weighted by Gasteiger charge is 2.12. The number of halogens is 2. The zero-order valence-corrected chi connectivity index (χ0v) is 16.4. The van der Waals surface area contributed by atoms with Gasteiger partial charge in [0.05, 0.1) is 10.0 Å². The van der Waals surface area contributed by atoms with Gasteiger partial charge in [-0.05, 0) is 42.5 Å². The van der Waals surface area contributed by atoms with Gasteiger partial charge in [-0.2, -0.15) is 9.61 Å². The zero-order chi connectivity index (χ0) is 19.0. The van der Waals surface area contributed by atoms with Crippen LogP contribution in [-0.2, 0) is 6.42 Å². The highest BCUT2D eigenvalue weighted by molar-refractivity contribution is 7.19. The van der Waals surface area contributed by atoms with Crippen molar-refractivity contribution < 1.29 is 4.79 Å². The van der Waals surface area contributed by atoms with Gasteiger partial charge in [0.1, 0.15) is 5.01 Å². The maximum absolute atomic E-state index is 12.3. The van der Waals surface area contributed by atoms with Crippen LogP contribution in [0.2, 0.25) is 10.0 Å². The Balaban J connectivity index is 1.53. The number of aromatic nitrogens is 4. The Labute approximate surface area is 168 Å². The van der Waals surface area contributed by atoms with E-state index in [9.17, 15) is 4.79 Å². The topological polar surface area (TPSA) is 72.2 Å². The maximum Gasteiger partial charge on any atom is 0.255 e. The van der Waals surface area contributed by atoms with Crippen LogP contribution in [-0.4, -0.2) is 25.7 Å². The molecule has 0 radical (unpaired) electrons. The largest absolute Gasteiger partial charge is 0.322 e. The highest BCUT2D eigenvalue weighted by atomic mass is 35.5. The third-order valence-corrected chi connectivity index (χ3v) is 5.63. The number of aryl methyl sites for hydroxylation is 1. The highest BCUT2D eigenvalue weighted by Crippen LogP contribution is 2.27. The lowest BCUT2D eigenvalue weighted by Gasteiger charge is -2.07. The summed E-state index contributed by atoms with van der Waals surface area (Å²) in [4.78, 5) is 13.1. The normalized spacial score (nSPS) is 11.1. The molecule has 6 nitrogen and oxygen atoms in total. The SMILES string of the molecule is CCc1nnc2sc(-c3ccc(NC(=O)c4ccc(Cl)c(Cl)c4)cc3)nn12. The fourth-order valence-corrected chi connectivity index (χ4v) is 3.69. The van der Waals surface area contributed by atoms with E-state index < -0.39 is 0 Å². The number of nitrogens with zero attached hydrogens (tertiary/aromatic N) is 4. The molecule has 0 fully saturated rings. The van der Waals surface area contributed by atoms with Crippen LogP contribution in [0.1, 0.15) is 23.1 Å². The summed E-state index contributed by atoms with van der Waals surface area (Å²) >= 11 is 13.3. The Morgan fingerprint density at radius 2 is 1.89 bits per heavy atom. The minimum absolute atomic E-state index is 0.257. The Morgan fingerprint density at radius 3 is 2.59 bits per heavy atom. The molecule has 2 aromatic heterocycles. The van der Waals surface area contributed by atoms with Gasteiger partial charge in [0.15, 0.2) is 5.82 Å². The Morgan fingerprint density at radius 1 is 1.11 bits per heavy atom. The lowest BCUT2D eigenvalue weighted by molar-refractivity contribution is 0.102. The summed E-state index contributed by atoms with van der Waals surface area (Å²) in [5.41, 5.74) is 2.06. The molecule has 0 bridgehead atoms. The van der Waals surface area contributed by atoms with Crippen LogP contribution in [0.15, 0.2) is 42.5 Å². The van der Waals surface area contributed by atoms with Crippen LogP contribution < -0.4 is 5.32 Å². The van der Waals surface area contributed by atoms with E-state index >= 15 is 0 Å². The molecule has 0 aliphatic carbocycles. The van der Waals surface area contributed by atoms with Crippen molar-refractivity contribution in [1.29, 1.82) is 0 Å². The molecule has 0 saturated heterocycles. The van der Waals surface area contributed by atoms with Crippen molar-refractivity contribution in [2.24, 2.45) is 0 Å². The number of nitrogens with one attached hydrogen (secondary N) is 1. The van der Waals surface area contributed by atoms with E-state index in [2.05, 4.69) is 20.6 Å². The second-order valence-corrected chi connectivity index (χ2v) is 7.50. The first kappa shape index (κ1) is 17.9. The van der Waals surface area contributed by atoms with Crippen LogP contribution in [0, 0.1) is 0 Å². The minimum atomic E-state index is -0.257. The van der Waals surface area contributed by atoms with Gasteiger partial charge >= 0.3 is 0 Å². The molecule has 0 unspecified atom stereocenters. The lowest BCUT2D eigenvalue weighted by atomic mass is 10.2. The molecule has 0 aliphatic rings. The van der Waals surface area contributed by atoms with Crippen molar-refractivity contribution >= 4 is 51.1 Å². The Kier molecular flexibility index (Phi) is 4.82. The molecule has 136 valence electrons. The van der Waals surface area contributed by atoms with Crippen molar-refractivity contribution in [1.82, 2.24) is 19.8 Å². The Hall–Kier alpha value is -2.48. The number of rotatable bonds is 4. The van der Waals surface area contributed by atoms with Crippen LogP contribution in [0.25, 0.3) is 15.5 Å².